The Kier molecular flexibility index (Phi) is 3.72. The lowest BCUT2D eigenvalue weighted by Gasteiger charge is -2.20. The Bertz CT molecular complexity index is 558. The molecule has 0 spiro atoms. The van der Waals surface area contributed by atoms with Crippen molar-refractivity contribution < 1.29 is 0 Å². The molecule has 1 aliphatic rings. The van der Waals surface area contributed by atoms with Gasteiger partial charge >= 0.3 is 0 Å². The van der Waals surface area contributed by atoms with E-state index in [4.69, 9.17) is 0 Å². The third-order valence-electron chi connectivity index (χ3n) is 3.92. The van der Waals surface area contributed by atoms with Gasteiger partial charge in [0.2, 0.25) is 0 Å². The van der Waals surface area contributed by atoms with Gasteiger partial charge in [0.1, 0.15) is 0 Å². The Morgan fingerprint density at radius 2 is 2.11 bits per heavy atom. The molecule has 0 saturated carbocycles. The van der Waals surface area contributed by atoms with Gasteiger partial charge in [-0.1, -0.05) is 24.3 Å². The number of thiophene rings is 1. The number of fused-ring (bicyclic) bond motifs is 1. The molecule has 2 atom stereocenters. The lowest BCUT2D eigenvalue weighted by molar-refractivity contribution is 0.453. The van der Waals surface area contributed by atoms with Crippen molar-refractivity contribution in [2.24, 2.45) is 0 Å². The van der Waals surface area contributed by atoms with Crippen molar-refractivity contribution in [1.29, 1.82) is 0 Å². The molecule has 2 aromatic rings. The number of aryl methyl sites for hydroxylation is 2. The van der Waals surface area contributed by atoms with Crippen LogP contribution in [-0.2, 0) is 12.8 Å². The van der Waals surface area contributed by atoms with Crippen LogP contribution in [0.1, 0.15) is 40.3 Å². The van der Waals surface area contributed by atoms with Crippen LogP contribution in [0.5, 0.6) is 0 Å². The van der Waals surface area contributed by atoms with Crippen LogP contribution in [0.2, 0.25) is 0 Å². The lowest BCUT2D eigenvalue weighted by Crippen LogP contribution is -2.30. The molecule has 1 heterocycles. The molecular weight excluding hydrogens is 250 g/mol. The molecule has 1 aromatic heterocycles. The normalized spacial score (nSPS) is 19.4. The van der Waals surface area contributed by atoms with Crippen molar-refractivity contribution in [3.05, 3.63) is 57.3 Å². The van der Waals surface area contributed by atoms with Gasteiger partial charge in [0.15, 0.2) is 0 Å². The molecule has 0 fully saturated rings. The van der Waals surface area contributed by atoms with Crippen LogP contribution < -0.4 is 5.32 Å². The molecule has 1 nitrogen and oxygen atoms in total. The fraction of sp³-hybridized carbons (Fsp3) is 0.412. The standard InChI is InChI=1S/C17H21NS/c1-12(11-15-9-7-13(2)19-15)18-17-10-8-14-5-3-4-6-16(14)17/h3-7,9,12,17-18H,8,10-11H2,1-2H3. The second-order valence-corrected chi connectivity index (χ2v) is 6.95. The summed E-state index contributed by atoms with van der Waals surface area (Å²) in [5.74, 6) is 0. The van der Waals surface area contributed by atoms with Crippen LogP contribution in [0.15, 0.2) is 36.4 Å². The minimum absolute atomic E-state index is 0.536. The summed E-state index contributed by atoms with van der Waals surface area (Å²) < 4.78 is 0. The Labute approximate surface area is 119 Å². The van der Waals surface area contributed by atoms with Crippen LogP contribution in [-0.4, -0.2) is 6.04 Å². The highest BCUT2D eigenvalue weighted by Gasteiger charge is 2.22. The Hall–Kier alpha value is -1.12. The number of hydrogen-bond acceptors (Lipinski definition) is 2. The number of nitrogens with one attached hydrogen (secondary N) is 1. The van der Waals surface area contributed by atoms with Crippen LogP contribution in [0.4, 0.5) is 0 Å². The van der Waals surface area contributed by atoms with Gasteiger partial charge in [0, 0.05) is 21.8 Å². The highest BCUT2D eigenvalue weighted by Crippen LogP contribution is 2.31. The van der Waals surface area contributed by atoms with Gasteiger partial charge in [0.25, 0.3) is 0 Å². The van der Waals surface area contributed by atoms with E-state index >= 15 is 0 Å². The molecule has 0 aliphatic heterocycles. The first-order valence-corrected chi connectivity index (χ1v) is 7.93. The van der Waals surface area contributed by atoms with Crippen LogP contribution >= 0.6 is 11.3 Å². The molecule has 1 aromatic carbocycles. The predicted octanol–water partition coefficient (Wildman–Crippen LogP) is 4.26. The average Bonchev–Trinajstić information content (AvgIpc) is 2.97. The largest absolute Gasteiger partial charge is 0.307 e. The van der Waals surface area contributed by atoms with Gasteiger partial charge < -0.3 is 5.32 Å². The molecule has 100 valence electrons. The van der Waals surface area contributed by atoms with Crippen molar-refractivity contribution >= 4 is 11.3 Å². The molecule has 3 rings (SSSR count). The van der Waals surface area contributed by atoms with Gasteiger partial charge in [-0.3, -0.25) is 0 Å². The summed E-state index contributed by atoms with van der Waals surface area (Å²) in [5, 5.41) is 3.80. The summed E-state index contributed by atoms with van der Waals surface area (Å²) in [6.07, 6.45) is 3.60. The zero-order valence-electron chi connectivity index (χ0n) is 11.6. The molecule has 0 bridgehead atoms. The highest BCUT2D eigenvalue weighted by atomic mass is 32.1. The molecule has 2 unspecified atom stereocenters. The summed E-state index contributed by atoms with van der Waals surface area (Å²) >= 11 is 1.92. The van der Waals surface area contributed by atoms with Crippen molar-refractivity contribution in [3.8, 4) is 0 Å². The van der Waals surface area contributed by atoms with E-state index in [9.17, 15) is 0 Å². The van der Waals surface area contributed by atoms with Gasteiger partial charge in [-0.2, -0.15) is 0 Å². The zero-order valence-corrected chi connectivity index (χ0v) is 12.5. The van der Waals surface area contributed by atoms with Crippen molar-refractivity contribution in [3.63, 3.8) is 0 Å². The summed E-state index contributed by atoms with van der Waals surface area (Å²) in [6.45, 7) is 4.48. The van der Waals surface area contributed by atoms with E-state index < -0.39 is 0 Å². The monoisotopic (exact) mass is 271 g/mol. The Balaban J connectivity index is 1.63. The fourth-order valence-electron chi connectivity index (χ4n) is 3.03. The molecule has 2 heteroatoms. The SMILES string of the molecule is Cc1ccc(CC(C)NC2CCc3ccccc32)s1. The third-order valence-corrected chi connectivity index (χ3v) is 4.94. The highest BCUT2D eigenvalue weighted by molar-refractivity contribution is 7.11. The first-order valence-electron chi connectivity index (χ1n) is 7.11. The molecule has 1 N–H and O–H groups in total. The topological polar surface area (TPSA) is 12.0 Å². The molecule has 1 aliphatic carbocycles. The van der Waals surface area contributed by atoms with Crippen LogP contribution in [0.3, 0.4) is 0 Å². The van der Waals surface area contributed by atoms with E-state index in [0.29, 0.717) is 12.1 Å². The van der Waals surface area contributed by atoms with Gasteiger partial charge in [0.05, 0.1) is 0 Å². The number of benzene rings is 1. The quantitative estimate of drug-likeness (QED) is 0.876. The number of hydrogen-bond donors (Lipinski definition) is 1. The third kappa shape index (κ3) is 2.90. The summed E-state index contributed by atoms with van der Waals surface area (Å²) in [5.41, 5.74) is 3.04. The van der Waals surface area contributed by atoms with E-state index in [2.05, 4.69) is 55.6 Å². The van der Waals surface area contributed by atoms with E-state index in [-0.39, 0.29) is 0 Å². The van der Waals surface area contributed by atoms with Gasteiger partial charge in [-0.25, -0.2) is 0 Å². The van der Waals surface area contributed by atoms with Crippen LogP contribution in [0, 0.1) is 6.92 Å². The van der Waals surface area contributed by atoms with E-state index in [1.807, 2.05) is 11.3 Å². The second-order valence-electron chi connectivity index (χ2n) is 5.57. The predicted molar refractivity (Wildman–Crippen MR) is 82.9 cm³/mol. The summed E-state index contributed by atoms with van der Waals surface area (Å²) in [6, 6.07) is 14.4. The number of rotatable bonds is 4. The lowest BCUT2D eigenvalue weighted by atomic mass is 10.1. The van der Waals surface area contributed by atoms with E-state index in [0.717, 1.165) is 6.42 Å². The molecule has 0 radical (unpaired) electrons. The first-order chi connectivity index (χ1) is 9.22. The van der Waals surface area contributed by atoms with Crippen molar-refractivity contribution in [2.45, 2.75) is 45.2 Å². The summed E-state index contributed by atoms with van der Waals surface area (Å²) in [4.78, 5) is 2.90. The zero-order chi connectivity index (χ0) is 13.2. The minimum atomic E-state index is 0.536. The van der Waals surface area contributed by atoms with E-state index in [1.165, 1.54) is 33.7 Å². The van der Waals surface area contributed by atoms with Crippen molar-refractivity contribution in [2.75, 3.05) is 0 Å². The van der Waals surface area contributed by atoms with Crippen LogP contribution in [0.25, 0.3) is 0 Å². The minimum Gasteiger partial charge on any atom is -0.307 e. The van der Waals surface area contributed by atoms with Crippen molar-refractivity contribution in [1.82, 2.24) is 5.32 Å². The molecule has 0 saturated heterocycles. The maximum absolute atomic E-state index is 3.80. The smallest absolute Gasteiger partial charge is 0.0328 e. The Morgan fingerprint density at radius 1 is 1.26 bits per heavy atom. The van der Waals surface area contributed by atoms with Gasteiger partial charge in [-0.15, -0.1) is 11.3 Å². The van der Waals surface area contributed by atoms with E-state index in [1.54, 1.807) is 0 Å². The average molecular weight is 271 g/mol. The maximum Gasteiger partial charge on any atom is 0.0328 e. The van der Waals surface area contributed by atoms with Gasteiger partial charge in [-0.05, 0) is 56.4 Å². The second kappa shape index (κ2) is 5.48. The summed E-state index contributed by atoms with van der Waals surface area (Å²) in [7, 11) is 0. The molecule has 19 heavy (non-hydrogen) atoms. The Morgan fingerprint density at radius 3 is 2.89 bits per heavy atom. The first kappa shape index (κ1) is 12.9. The molecular formula is C17H21NS. The maximum atomic E-state index is 3.80. The molecule has 0 amide bonds. The fourth-order valence-corrected chi connectivity index (χ4v) is 4.05.